The molecule has 2 aromatic carbocycles. The van der Waals surface area contributed by atoms with Crippen LogP contribution in [0.5, 0.6) is 5.75 Å². The highest BCUT2D eigenvalue weighted by atomic mass is 127. The van der Waals surface area contributed by atoms with E-state index >= 15 is 0 Å². The van der Waals surface area contributed by atoms with E-state index in [1.165, 1.54) is 12.1 Å². The van der Waals surface area contributed by atoms with Crippen LogP contribution in [0.25, 0.3) is 0 Å². The molecule has 0 radical (unpaired) electrons. The predicted molar refractivity (Wildman–Crippen MR) is 79.3 cm³/mol. The first-order valence-electron chi connectivity index (χ1n) is 5.70. The Kier molecular flexibility index (Phi) is 4.42. The average molecular weight is 393 g/mol. The number of anilines is 1. The van der Waals surface area contributed by atoms with Gasteiger partial charge >= 0.3 is 6.18 Å². The molecular formula is C14H11F3INO. The normalized spacial score (nSPS) is 11.4. The highest BCUT2D eigenvalue weighted by Crippen LogP contribution is 2.37. The van der Waals surface area contributed by atoms with E-state index in [-0.39, 0.29) is 18.0 Å². The van der Waals surface area contributed by atoms with Gasteiger partial charge in [0, 0.05) is 9.26 Å². The Hall–Kier alpha value is -1.44. The van der Waals surface area contributed by atoms with Crippen LogP contribution >= 0.6 is 22.6 Å². The SMILES string of the molecule is Nc1ccc(OCc2ccc(I)cc2)c(C(F)(F)F)c1. The van der Waals surface area contributed by atoms with Crippen LogP contribution in [0.4, 0.5) is 18.9 Å². The van der Waals surface area contributed by atoms with E-state index in [1.54, 1.807) is 0 Å². The molecule has 0 saturated carbocycles. The second-order valence-corrected chi connectivity index (χ2v) is 5.41. The number of ether oxygens (including phenoxy) is 1. The Labute approximate surface area is 127 Å². The summed E-state index contributed by atoms with van der Waals surface area (Å²) < 4.78 is 44.9. The minimum absolute atomic E-state index is 0.0546. The smallest absolute Gasteiger partial charge is 0.420 e. The lowest BCUT2D eigenvalue weighted by Crippen LogP contribution is -2.09. The molecule has 2 rings (SSSR count). The second kappa shape index (κ2) is 5.90. The van der Waals surface area contributed by atoms with Crippen molar-refractivity contribution in [3.05, 3.63) is 57.2 Å². The fourth-order valence-electron chi connectivity index (χ4n) is 1.64. The number of halogens is 4. The first-order chi connectivity index (χ1) is 9.36. The van der Waals surface area contributed by atoms with Crippen molar-refractivity contribution < 1.29 is 17.9 Å². The summed E-state index contributed by atoms with van der Waals surface area (Å²) in [6.07, 6.45) is -4.49. The molecule has 0 aliphatic carbocycles. The maximum Gasteiger partial charge on any atom is 0.420 e. The van der Waals surface area contributed by atoms with Crippen molar-refractivity contribution in [3.63, 3.8) is 0 Å². The van der Waals surface area contributed by atoms with Crippen LogP contribution < -0.4 is 10.5 Å². The van der Waals surface area contributed by atoms with Crippen molar-refractivity contribution >= 4 is 28.3 Å². The van der Waals surface area contributed by atoms with Crippen molar-refractivity contribution in [2.75, 3.05) is 5.73 Å². The summed E-state index contributed by atoms with van der Waals surface area (Å²) >= 11 is 2.15. The maximum atomic E-state index is 12.9. The number of nitrogens with two attached hydrogens (primary N) is 1. The van der Waals surface area contributed by atoms with Gasteiger partial charge in [-0.05, 0) is 58.5 Å². The van der Waals surface area contributed by atoms with Crippen LogP contribution in [0.2, 0.25) is 0 Å². The number of benzene rings is 2. The molecule has 106 valence electrons. The predicted octanol–water partition coefficient (Wildman–Crippen LogP) is 4.47. The lowest BCUT2D eigenvalue weighted by molar-refractivity contribution is -0.139. The summed E-state index contributed by atoms with van der Waals surface area (Å²) in [5, 5.41) is 0. The van der Waals surface area contributed by atoms with Crippen LogP contribution in [0.15, 0.2) is 42.5 Å². The molecule has 6 heteroatoms. The van der Waals surface area contributed by atoms with Gasteiger partial charge in [-0.3, -0.25) is 0 Å². The third-order valence-electron chi connectivity index (χ3n) is 2.62. The van der Waals surface area contributed by atoms with Crippen LogP contribution in [-0.2, 0) is 12.8 Å². The Bertz CT molecular complexity index is 596. The van der Waals surface area contributed by atoms with Gasteiger partial charge in [0.25, 0.3) is 0 Å². The third kappa shape index (κ3) is 3.78. The van der Waals surface area contributed by atoms with E-state index in [0.29, 0.717) is 0 Å². The zero-order chi connectivity index (χ0) is 14.8. The van der Waals surface area contributed by atoms with Crippen molar-refractivity contribution in [1.29, 1.82) is 0 Å². The van der Waals surface area contributed by atoms with E-state index in [0.717, 1.165) is 15.2 Å². The molecule has 0 atom stereocenters. The maximum absolute atomic E-state index is 12.9. The summed E-state index contributed by atoms with van der Waals surface area (Å²) in [6.45, 7) is 0.0733. The van der Waals surface area contributed by atoms with Gasteiger partial charge in [0.05, 0.1) is 5.56 Å². The van der Waals surface area contributed by atoms with Gasteiger partial charge in [0.15, 0.2) is 0 Å². The van der Waals surface area contributed by atoms with Gasteiger partial charge in [0.2, 0.25) is 0 Å². The number of hydrogen-bond donors (Lipinski definition) is 1. The molecule has 0 saturated heterocycles. The fourth-order valence-corrected chi connectivity index (χ4v) is 2.00. The second-order valence-electron chi connectivity index (χ2n) is 4.17. The molecule has 0 amide bonds. The van der Waals surface area contributed by atoms with Gasteiger partial charge in [-0.25, -0.2) is 0 Å². The van der Waals surface area contributed by atoms with E-state index in [4.69, 9.17) is 10.5 Å². The van der Waals surface area contributed by atoms with Gasteiger partial charge in [-0.15, -0.1) is 0 Å². The molecule has 0 heterocycles. The first kappa shape index (κ1) is 15.0. The molecule has 0 aromatic heterocycles. The molecule has 2 aromatic rings. The minimum Gasteiger partial charge on any atom is -0.488 e. The summed E-state index contributed by atoms with van der Waals surface area (Å²) in [5.41, 5.74) is 5.39. The molecule has 2 N–H and O–H groups in total. The standard InChI is InChI=1S/C14H11F3INO/c15-14(16,17)12-7-11(19)5-6-13(12)20-8-9-1-3-10(18)4-2-9/h1-7H,8,19H2. The van der Waals surface area contributed by atoms with Crippen molar-refractivity contribution in [1.82, 2.24) is 0 Å². The average Bonchev–Trinajstić information content (AvgIpc) is 2.38. The highest BCUT2D eigenvalue weighted by Gasteiger charge is 2.34. The molecule has 0 fully saturated rings. The Balaban J connectivity index is 2.19. The summed E-state index contributed by atoms with van der Waals surface area (Å²) in [4.78, 5) is 0. The summed E-state index contributed by atoms with van der Waals surface area (Å²) in [6, 6.07) is 10.9. The Morgan fingerprint density at radius 2 is 1.70 bits per heavy atom. The molecule has 0 aliphatic heterocycles. The van der Waals surface area contributed by atoms with Crippen LogP contribution in [0.1, 0.15) is 11.1 Å². The molecule has 0 unspecified atom stereocenters. The van der Waals surface area contributed by atoms with Crippen molar-refractivity contribution in [3.8, 4) is 5.75 Å². The monoisotopic (exact) mass is 393 g/mol. The largest absolute Gasteiger partial charge is 0.488 e. The van der Waals surface area contributed by atoms with E-state index < -0.39 is 11.7 Å². The van der Waals surface area contributed by atoms with E-state index in [1.807, 2.05) is 24.3 Å². The lowest BCUT2D eigenvalue weighted by atomic mass is 10.1. The van der Waals surface area contributed by atoms with Crippen molar-refractivity contribution in [2.45, 2.75) is 12.8 Å². The number of alkyl halides is 3. The van der Waals surface area contributed by atoms with Gasteiger partial charge in [-0.1, -0.05) is 12.1 Å². The third-order valence-corrected chi connectivity index (χ3v) is 3.34. The number of rotatable bonds is 3. The zero-order valence-electron chi connectivity index (χ0n) is 10.2. The van der Waals surface area contributed by atoms with Crippen LogP contribution in [0, 0.1) is 3.57 Å². The Morgan fingerprint density at radius 3 is 2.30 bits per heavy atom. The summed E-state index contributed by atoms with van der Waals surface area (Å²) in [5.74, 6) is -0.217. The minimum atomic E-state index is -4.49. The van der Waals surface area contributed by atoms with Gasteiger partial charge in [-0.2, -0.15) is 13.2 Å². The lowest BCUT2D eigenvalue weighted by Gasteiger charge is -2.14. The molecule has 0 spiro atoms. The highest BCUT2D eigenvalue weighted by molar-refractivity contribution is 14.1. The number of hydrogen-bond acceptors (Lipinski definition) is 2. The zero-order valence-corrected chi connectivity index (χ0v) is 12.4. The van der Waals surface area contributed by atoms with Gasteiger partial charge in [0.1, 0.15) is 12.4 Å². The topological polar surface area (TPSA) is 35.2 Å². The molecule has 0 bridgehead atoms. The quantitative estimate of drug-likeness (QED) is 0.617. The van der Waals surface area contributed by atoms with Crippen LogP contribution in [0.3, 0.4) is 0 Å². The Morgan fingerprint density at radius 1 is 1.05 bits per heavy atom. The number of nitrogen functional groups attached to an aromatic ring is 1. The van der Waals surface area contributed by atoms with E-state index in [9.17, 15) is 13.2 Å². The first-order valence-corrected chi connectivity index (χ1v) is 6.78. The molecular weight excluding hydrogens is 382 g/mol. The fraction of sp³-hybridized carbons (Fsp3) is 0.143. The molecule has 2 nitrogen and oxygen atoms in total. The molecule has 0 aliphatic rings. The van der Waals surface area contributed by atoms with Crippen LogP contribution in [-0.4, -0.2) is 0 Å². The molecule has 20 heavy (non-hydrogen) atoms. The van der Waals surface area contributed by atoms with E-state index in [2.05, 4.69) is 22.6 Å². The van der Waals surface area contributed by atoms with Gasteiger partial charge < -0.3 is 10.5 Å². The summed E-state index contributed by atoms with van der Waals surface area (Å²) in [7, 11) is 0. The van der Waals surface area contributed by atoms with Crippen molar-refractivity contribution in [2.24, 2.45) is 0 Å².